The SMILES string of the molecule is CC(=O)Cc1nsc(NC(=O)c2cc(-c3ccc(C)cc3)oc2C)n1. The van der Waals surface area contributed by atoms with Crippen LogP contribution in [0.25, 0.3) is 11.3 Å². The summed E-state index contributed by atoms with van der Waals surface area (Å²) in [6.07, 6.45) is 0.161. The zero-order chi connectivity index (χ0) is 18.0. The molecule has 2 heterocycles. The molecule has 0 aliphatic rings. The molecule has 0 saturated heterocycles. The Morgan fingerprint density at radius 3 is 2.60 bits per heavy atom. The number of Topliss-reactive ketones (excluding diaryl/α,β-unsaturated/α-hetero) is 1. The van der Waals surface area contributed by atoms with Gasteiger partial charge in [-0.2, -0.15) is 4.37 Å². The quantitative estimate of drug-likeness (QED) is 0.752. The Kier molecular flexibility index (Phi) is 4.76. The van der Waals surface area contributed by atoms with Gasteiger partial charge in [-0.15, -0.1) is 0 Å². The highest BCUT2D eigenvalue weighted by Gasteiger charge is 2.18. The first-order valence-corrected chi connectivity index (χ1v) is 8.50. The van der Waals surface area contributed by atoms with Crippen LogP contribution in [0.1, 0.15) is 34.4 Å². The predicted molar refractivity (Wildman–Crippen MR) is 95.9 cm³/mol. The second-order valence-electron chi connectivity index (χ2n) is 5.80. The molecule has 25 heavy (non-hydrogen) atoms. The maximum Gasteiger partial charge on any atom is 0.261 e. The molecule has 128 valence electrons. The first-order chi connectivity index (χ1) is 11.9. The van der Waals surface area contributed by atoms with E-state index in [1.807, 2.05) is 31.2 Å². The summed E-state index contributed by atoms with van der Waals surface area (Å²) in [6, 6.07) is 9.60. The Bertz CT molecular complexity index is 925. The topological polar surface area (TPSA) is 85.1 Å². The minimum atomic E-state index is -0.315. The first-order valence-electron chi connectivity index (χ1n) is 7.73. The number of hydrogen-bond acceptors (Lipinski definition) is 6. The predicted octanol–water partition coefficient (Wildman–Crippen LogP) is 3.80. The van der Waals surface area contributed by atoms with Gasteiger partial charge in [0.05, 0.1) is 12.0 Å². The smallest absolute Gasteiger partial charge is 0.261 e. The van der Waals surface area contributed by atoms with Crippen molar-refractivity contribution in [1.82, 2.24) is 9.36 Å². The molecule has 0 bridgehead atoms. The number of aryl methyl sites for hydroxylation is 2. The molecule has 3 rings (SSSR count). The average molecular weight is 355 g/mol. The molecule has 0 unspecified atom stereocenters. The van der Waals surface area contributed by atoms with Gasteiger partial charge in [0, 0.05) is 17.1 Å². The highest BCUT2D eigenvalue weighted by atomic mass is 32.1. The summed E-state index contributed by atoms with van der Waals surface area (Å²) in [4.78, 5) is 27.7. The standard InChI is InChI=1S/C18H17N3O3S/c1-10-4-6-13(7-5-10)15-9-14(12(3)24-15)17(23)20-18-19-16(21-25-18)8-11(2)22/h4-7,9H,8H2,1-3H3,(H,19,20,21,23). The summed E-state index contributed by atoms with van der Waals surface area (Å²) >= 11 is 1.05. The number of nitrogens with zero attached hydrogens (tertiary/aromatic N) is 2. The van der Waals surface area contributed by atoms with E-state index in [4.69, 9.17) is 4.42 Å². The molecule has 1 N–H and O–H groups in total. The van der Waals surface area contributed by atoms with Crippen molar-refractivity contribution in [3.8, 4) is 11.3 Å². The molecule has 0 radical (unpaired) electrons. The van der Waals surface area contributed by atoms with E-state index >= 15 is 0 Å². The highest BCUT2D eigenvalue weighted by molar-refractivity contribution is 7.09. The Hall–Kier alpha value is -2.80. The van der Waals surface area contributed by atoms with Gasteiger partial charge >= 0.3 is 0 Å². The Balaban J connectivity index is 1.77. The van der Waals surface area contributed by atoms with E-state index in [0.29, 0.717) is 28.0 Å². The normalized spacial score (nSPS) is 10.7. The number of benzene rings is 1. The van der Waals surface area contributed by atoms with E-state index in [9.17, 15) is 9.59 Å². The van der Waals surface area contributed by atoms with Crippen LogP contribution in [0.15, 0.2) is 34.7 Å². The minimum Gasteiger partial charge on any atom is -0.461 e. The van der Waals surface area contributed by atoms with E-state index in [0.717, 1.165) is 22.7 Å². The molecule has 2 aromatic heterocycles. The number of amides is 1. The van der Waals surface area contributed by atoms with E-state index in [2.05, 4.69) is 14.7 Å². The molecule has 7 heteroatoms. The summed E-state index contributed by atoms with van der Waals surface area (Å²) in [7, 11) is 0. The van der Waals surface area contributed by atoms with Crippen LogP contribution in [0.4, 0.5) is 5.13 Å². The summed E-state index contributed by atoms with van der Waals surface area (Å²) in [5.74, 6) is 1.24. The maximum atomic E-state index is 12.5. The average Bonchev–Trinajstić information content (AvgIpc) is 3.14. The number of hydrogen-bond donors (Lipinski definition) is 1. The van der Waals surface area contributed by atoms with Gasteiger partial charge in [-0.1, -0.05) is 29.8 Å². The molecule has 6 nitrogen and oxygen atoms in total. The first kappa shape index (κ1) is 17.0. The number of anilines is 1. The molecular formula is C18H17N3O3S. The van der Waals surface area contributed by atoms with Crippen molar-refractivity contribution in [2.45, 2.75) is 27.2 Å². The van der Waals surface area contributed by atoms with E-state index in [-0.39, 0.29) is 18.1 Å². The van der Waals surface area contributed by atoms with Gasteiger partial charge in [0.15, 0.2) is 5.82 Å². The van der Waals surface area contributed by atoms with Crippen molar-refractivity contribution in [2.24, 2.45) is 0 Å². The maximum absolute atomic E-state index is 12.5. The van der Waals surface area contributed by atoms with E-state index < -0.39 is 0 Å². The summed E-state index contributed by atoms with van der Waals surface area (Å²) in [6.45, 7) is 5.23. The van der Waals surface area contributed by atoms with Gasteiger partial charge in [-0.25, -0.2) is 4.98 Å². The molecule has 1 aromatic carbocycles. The Morgan fingerprint density at radius 1 is 1.20 bits per heavy atom. The van der Waals surface area contributed by atoms with E-state index in [1.54, 1.807) is 13.0 Å². The third kappa shape index (κ3) is 4.00. The van der Waals surface area contributed by atoms with Gasteiger partial charge in [0.2, 0.25) is 5.13 Å². The molecule has 0 aliphatic heterocycles. The second kappa shape index (κ2) is 6.98. The van der Waals surface area contributed by atoms with Crippen LogP contribution in [0.5, 0.6) is 0 Å². The third-order valence-electron chi connectivity index (χ3n) is 3.59. The summed E-state index contributed by atoms with van der Waals surface area (Å²) in [5, 5.41) is 3.06. The highest BCUT2D eigenvalue weighted by Crippen LogP contribution is 2.26. The zero-order valence-electron chi connectivity index (χ0n) is 14.1. The largest absolute Gasteiger partial charge is 0.461 e. The fourth-order valence-corrected chi connectivity index (χ4v) is 2.91. The number of nitrogens with one attached hydrogen (secondary N) is 1. The van der Waals surface area contributed by atoms with Crippen molar-refractivity contribution in [2.75, 3.05) is 5.32 Å². The molecular weight excluding hydrogens is 338 g/mol. The molecule has 0 spiro atoms. The number of carbonyl (C=O) groups excluding carboxylic acids is 2. The monoisotopic (exact) mass is 355 g/mol. The van der Waals surface area contributed by atoms with Gasteiger partial charge < -0.3 is 4.42 Å². The minimum absolute atomic E-state index is 0.0240. The van der Waals surface area contributed by atoms with Gasteiger partial charge in [0.1, 0.15) is 17.3 Å². The van der Waals surface area contributed by atoms with Gasteiger partial charge in [0.25, 0.3) is 5.91 Å². The number of furan rings is 1. The van der Waals surface area contributed by atoms with Crippen molar-refractivity contribution in [3.63, 3.8) is 0 Å². The van der Waals surface area contributed by atoms with E-state index in [1.165, 1.54) is 6.92 Å². The van der Waals surface area contributed by atoms with Crippen LogP contribution in [-0.2, 0) is 11.2 Å². The number of rotatable bonds is 5. The lowest BCUT2D eigenvalue weighted by Gasteiger charge is -1.98. The van der Waals surface area contributed by atoms with Crippen LogP contribution in [-0.4, -0.2) is 21.0 Å². The lowest BCUT2D eigenvalue weighted by Crippen LogP contribution is -2.12. The van der Waals surface area contributed by atoms with Crippen molar-refractivity contribution in [1.29, 1.82) is 0 Å². The molecule has 0 fully saturated rings. The fraction of sp³-hybridized carbons (Fsp3) is 0.222. The van der Waals surface area contributed by atoms with Crippen LogP contribution in [0.2, 0.25) is 0 Å². The van der Waals surface area contributed by atoms with Crippen LogP contribution >= 0.6 is 11.5 Å². The number of aromatic nitrogens is 2. The summed E-state index contributed by atoms with van der Waals surface area (Å²) < 4.78 is 9.78. The lowest BCUT2D eigenvalue weighted by molar-refractivity contribution is -0.116. The van der Waals surface area contributed by atoms with Crippen molar-refractivity contribution < 1.29 is 14.0 Å². The van der Waals surface area contributed by atoms with Crippen LogP contribution < -0.4 is 5.32 Å². The molecule has 0 atom stereocenters. The van der Waals surface area contributed by atoms with Crippen LogP contribution in [0, 0.1) is 13.8 Å². The van der Waals surface area contributed by atoms with Gasteiger partial charge in [-0.05, 0) is 26.8 Å². The third-order valence-corrected chi connectivity index (χ3v) is 4.26. The van der Waals surface area contributed by atoms with Crippen molar-refractivity contribution >= 4 is 28.4 Å². The second-order valence-corrected chi connectivity index (χ2v) is 6.55. The number of carbonyl (C=O) groups is 2. The number of ketones is 1. The lowest BCUT2D eigenvalue weighted by atomic mass is 10.1. The van der Waals surface area contributed by atoms with Gasteiger partial charge in [-0.3, -0.25) is 14.9 Å². The Labute approximate surface area is 149 Å². The summed E-state index contributed by atoms with van der Waals surface area (Å²) in [5.41, 5.74) is 2.51. The molecule has 1 amide bonds. The fourth-order valence-electron chi connectivity index (χ4n) is 2.33. The van der Waals surface area contributed by atoms with Crippen molar-refractivity contribution in [3.05, 3.63) is 53.0 Å². The molecule has 0 aliphatic carbocycles. The zero-order valence-corrected chi connectivity index (χ0v) is 14.9. The van der Waals surface area contributed by atoms with Crippen LogP contribution in [0.3, 0.4) is 0 Å². The molecule has 3 aromatic rings. The Morgan fingerprint density at radius 2 is 1.92 bits per heavy atom. The molecule has 0 saturated carbocycles.